The van der Waals surface area contributed by atoms with Gasteiger partial charge in [0.15, 0.2) is 0 Å². The van der Waals surface area contributed by atoms with Crippen molar-refractivity contribution in [1.29, 1.82) is 0 Å². The van der Waals surface area contributed by atoms with E-state index < -0.39 is 47.5 Å². The number of carbonyl (C=O) groups excluding carboxylic acids is 8. The molecule has 0 fully saturated rings. The van der Waals surface area contributed by atoms with Gasteiger partial charge in [-0.05, 0) is 63.1 Å². The summed E-state index contributed by atoms with van der Waals surface area (Å²) in [5.74, 6) is -3.20. The van der Waals surface area contributed by atoms with Gasteiger partial charge >= 0.3 is 12.1 Å². The lowest BCUT2D eigenvalue weighted by Gasteiger charge is -2.31. The summed E-state index contributed by atoms with van der Waals surface area (Å²) in [5.41, 5.74) is 10.2. The number of nitrogens with zero attached hydrogens (tertiary/aromatic N) is 2. The second kappa shape index (κ2) is 19.6. The van der Waals surface area contributed by atoms with E-state index in [4.69, 9.17) is 16.2 Å². The molecule has 0 saturated carbocycles. The van der Waals surface area contributed by atoms with Crippen molar-refractivity contribution in [1.82, 2.24) is 25.8 Å². The van der Waals surface area contributed by atoms with Gasteiger partial charge in [0.2, 0.25) is 23.6 Å². The van der Waals surface area contributed by atoms with Gasteiger partial charge in [0.1, 0.15) is 24.2 Å². The van der Waals surface area contributed by atoms with Gasteiger partial charge < -0.3 is 37.5 Å². The Bertz CT molecular complexity index is 1460. The van der Waals surface area contributed by atoms with E-state index in [0.717, 1.165) is 9.80 Å². The fourth-order valence-electron chi connectivity index (χ4n) is 4.76. The van der Waals surface area contributed by atoms with Gasteiger partial charge in [0.25, 0.3) is 11.8 Å². The topological polar surface area (TPSA) is 252 Å². The lowest BCUT2D eigenvalue weighted by atomic mass is 10.0. The van der Waals surface area contributed by atoms with Crippen LogP contribution in [0.5, 0.6) is 0 Å². The summed E-state index contributed by atoms with van der Waals surface area (Å²) < 4.78 is 5.28. The minimum absolute atomic E-state index is 0.113. The van der Waals surface area contributed by atoms with Crippen molar-refractivity contribution in [2.45, 2.75) is 90.4 Å². The lowest BCUT2D eigenvalue weighted by Crippen LogP contribution is -2.54. The summed E-state index contributed by atoms with van der Waals surface area (Å²) in [7, 11) is 1.40. The third-order valence-corrected chi connectivity index (χ3v) is 8.35. The predicted molar refractivity (Wildman–Crippen MR) is 186 cm³/mol. The second-order valence-electron chi connectivity index (χ2n) is 13.0. The van der Waals surface area contributed by atoms with Gasteiger partial charge in [-0.15, -0.1) is 0 Å². The first-order chi connectivity index (χ1) is 23.9. The van der Waals surface area contributed by atoms with Crippen LogP contribution in [0, 0.1) is 5.92 Å². The molecule has 0 spiro atoms. The minimum Gasteiger partial charge on any atom is -0.445 e. The molecule has 1 aliphatic rings. The molecular weight excluding hydrogens is 664 g/mol. The first-order valence-corrected chi connectivity index (χ1v) is 16.7. The molecule has 1 aromatic carbocycles. The lowest BCUT2D eigenvalue weighted by molar-refractivity contribution is -0.137. The number of ether oxygens (including phenoxy) is 1. The number of amides is 9. The van der Waals surface area contributed by atoms with Crippen LogP contribution in [0.2, 0.25) is 0 Å². The van der Waals surface area contributed by atoms with E-state index in [0.29, 0.717) is 36.9 Å². The molecule has 9 amide bonds. The van der Waals surface area contributed by atoms with Crippen molar-refractivity contribution in [3.63, 3.8) is 0 Å². The smallest absolute Gasteiger partial charge is 0.410 e. The summed E-state index contributed by atoms with van der Waals surface area (Å²) in [5, 5.41) is 10.6. The van der Waals surface area contributed by atoms with Crippen LogP contribution in [0.25, 0.3) is 0 Å². The minimum atomic E-state index is -1.26. The van der Waals surface area contributed by atoms with E-state index >= 15 is 0 Å². The van der Waals surface area contributed by atoms with Crippen LogP contribution in [0.4, 0.5) is 15.3 Å². The molecule has 1 aliphatic heterocycles. The fraction of sp³-hybridized carbons (Fsp3) is 0.529. The van der Waals surface area contributed by atoms with Crippen LogP contribution in [-0.2, 0) is 40.1 Å². The Labute approximate surface area is 297 Å². The van der Waals surface area contributed by atoms with E-state index in [1.807, 2.05) is 0 Å². The number of hydrogen-bond donors (Lipinski definition) is 6. The molecule has 17 nitrogen and oxygen atoms in total. The van der Waals surface area contributed by atoms with Crippen molar-refractivity contribution in [2.24, 2.45) is 17.4 Å². The van der Waals surface area contributed by atoms with E-state index in [1.54, 1.807) is 38.1 Å². The molecular formula is C34H50N8O9. The number of unbranched alkanes of at least 4 members (excludes halogenated alkanes) is 2. The number of benzene rings is 1. The van der Waals surface area contributed by atoms with Gasteiger partial charge in [-0.1, -0.05) is 32.4 Å². The molecule has 2 atom stereocenters. The molecule has 1 heterocycles. The van der Waals surface area contributed by atoms with Crippen molar-refractivity contribution < 1.29 is 43.1 Å². The average molecular weight is 715 g/mol. The maximum atomic E-state index is 13.4. The summed E-state index contributed by atoms with van der Waals surface area (Å²) in [6, 6.07) is 3.70. The molecule has 51 heavy (non-hydrogen) atoms. The highest BCUT2D eigenvalue weighted by Gasteiger charge is 2.34. The highest BCUT2D eigenvalue weighted by molar-refractivity contribution is 6.12. The van der Waals surface area contributed by atoms with Gasteiger partial charge in [-0.25, -0.2) is 9.59 Å². The zero-order valence-electron chi connectivity index (χ0n) is 29.8. The Morgan fingerprint density at radius 1 is 0.882 bits per heavy atom. The predicted octanol–water partition coefficient (Wildman–Crippen LogP) is 1.02. The normalized spacial score (nSPS) is 13.7. The van der Waals surface area contributed by atoms with E-state index in [-0.39, 0.29) is 56.2 Å². The number of imide groups is 1. The largest absolute Gasteiger partial charge is 0.445 e. The Morgan fingerprint density at radius 2 is 1.51 bits per heavy atom. The summed E-state index contributed by atoms with van der Waals surface area (Å²) in [6.07, 6.45) is 3.85. The van der Waals surface area contributed by atoms with E-state index in [9.17, 15) is 38.4 Å². The van der Waals surface area contributed by atoms with Crippen molar-refractivity contribution >= 4 is 53.3 Å². The van der Waals surface area contributed by atoms with Gasteiger partial charge in [-0.2, -0.15) is 0 Å². The SMILES string of the molecule is CC(C)C(NC(=O)CCCCCN1C(=O)C=CC1=O)C(=O)NC(CCCNC(N)=O)C(=O)Nc1ccc(COC(=O)N(C)C(C)(C)C(N)=O)cc1. The molecule has 1 aromatic rings. The zero-order valence-corrected chi connectivity index (χ0v) is 29.8. The van der Waals surface area contributed by atoms with Crippen molar-refractivity contribution in [3.8, 4) is 0 Å². The van der Waals surface area contributed by atoms with Crippen LogP contribution in [0.1, 0.15) is 71.8 Å². The third-order valence-electron chi connectivity index (χ3n) is 8.35. The van der Waals surface area contributed by atoms with Crippen LogP contribution in [-0.4, -0.2) is 95.1 Å². The number of hydrogen-bond acceptors (Lipinski definition) is 9. The van der Waals surface area contributed by atoms with E-state index in [1.165, 1.54) is 33.0 Å². The number of nitrogens with one attached hydrogen (secondary N) is 4. The standard InChI is InChI=1S/C34H50N8O9/c1-21(2)28(40-25(43)11-7-6-8-19-42-26(44)16-17-27(42)45)30(47)39-24(10-9-18-37-32(36)49)29(46)38-23-14-12-22(13-15-23)20-51-33(50)41(5)34(3,4)31(35)48/h12-17,21,24,28H,6-11,18-20H2,1-5H3,(H2,35,48)(H,38,46)(H,39,47)(H,40,43)(H3,36,37,49). The summed E-state index contributed by atoms with van der Waals surface area (Å²) >= 11 is 0. The highest BCUT2D eigenvalue weighted by atomic mass is 16.6. The van der Waals surface area contributed by atoms with E-state index in [2.05, 4.69) is 21.3 Å². The molecule has 0 aromatic heterocycles. The Kier molecular flexibility index (Phi) is 16.1. The first-order valence-electron chi connectivity index (χ1n) is 16.7. The Hall–Kier alpha value is -5.48. The number of anilines is 1. The molecule has 2 unspecified atom stereocenters. The molecule has 2 rings (SSSR count). The van der Waals surface area contributed by atoms with Crippen molar-refractivity contribution in [2.75, 3.05) is 25.5 Å². The van der Waals surface area contributed by atoms with Gasteiger partial charge in [0, 0.05) is 44.4 Å². The number of nitrogens with two attached hydrogens (primary N) is 2. The first kappa shape index (κ1) is 41.7. The molecule has 0 radical (unpaired) electrons. The van der Waals surface area contributed by atoms with Gasteiger partial charge in [-0.3, -0.25) is 38.6 Å². The number of carbonyl (C=O) groups is 8. The molecule has 0 bridgehead atoms. The fourth-order valence-corrected chi connectivity index (χ4v) is 4.76. The van der Waals surface area contributed by atoms with Crippen LogP contribution >= 0.6 is 0 Å². The molecule has 0 saturated heterocycles. The zero-order chi connectivity index (χ0) is 38.3. The Morgan fingerprint density at radius 3 is 2.08 bits per heavy atom. The number of likely N-dealkylation sites (N-methyl/N-ethyl adjacent to an activating group) is 1. The molecule has 17 heteroatoms. The van der Waals surface area contributed by atoms with Crippen LogP contribution in [0.3, 0.4) is 0 Å². The summed E-state index contributed by atoms with van der Waals surface area (Å²) in [4.78, 5) is 100. The monoisotopic (exact) mass is 714 g/mol. The van der Waals surface area contributed by atoms with Crippen molar-refractivity contribution in [3.05, 3.63) is 42.0 Å². The number of urea groups is 1. The highest BCUT2D eigenvalue weighted by Crippen LogP contribution is 2.16. The second-order valence-corrected chi connectivity index (χ2v) is 13.0. The molecule has 8 N–H and O–H groups in total. The Balaban J connectivity index is 1.97. The van der Waals surface area contributed by atoms with Crippen LogP contribution < -0.4 is 32.7 Å². The maximum absolute atomic E-state index is 13.4. The van der Waals surface area contributed by atoms with Gasteiger partial charge in [0.05, 0.1) is 0 Å². The maximum Gasteiger partial charge on any atom is 0.410 e. The molecule has 0 aliphatic carbocycles. The average Bonchev–Trinajstić information content (AvgIpc) is 3.39. The number of primary amides is 2. The van der Waals surface area contributed by atoms with Crippen LogP contribution in [0.15, 0.2) is 36.4 Å². The third kappa shape index (κ3) is 13.4. The quantitative estimate of drug-likeness (QED) is 0.0832. The summed E-state index contributed by atoms with van der Waals surface area (Å²) in [6.45, 7) is 6.80. The molecule has 280 valence electrons. The number of rotatable bonds is 20.